The molecule has 3 rings (SSSR count). The number of methoxy groups -OCH3 is 2. The molecule has 116 valence electrons. The lowest BCUT2D eigenvalue weighted by Crippen LogP contribution is -1.90. The Kier molecular flexibility index (Phi) is 4.33. The van der Waals surface area contributed by atoms with E-state index in [1.807, 2.05) is 18.2 Å². The molecule has 2 nitrogen and oxygen atoms in total. The van der Waals surface area contributed by atoms with Crippen molar-refractivity contribution in [3.05, 3.63) is 72.3 Å². The van der Waals surface area contributed by atoms with Crippen LogP contribution in [0.25, 0.3) is 22.3 Å². The van der Waals surface area contributed by atoms with Crippen molar-refractivity contribution < 1.29 is 9.47 Å². The molecule has 3 aromatic rings. The van der Waals surface area contributed by atoms with E-state index >= 15 is 0 Å². The molecule has 0 bridgehead atoms. The number of hydrogen-bond donors (Lipinski definition) is 0. The first-order valence-electron chi connectivity index (χ1n) is 7.61. The molecule has 0 saturated heterocycles. The lowest BCUT2D eigenvalue weighted by atomic mass is 9.99. The van der Waals surface area contributed by atoms with E-state index in [-0.39, 0.29) is 0 Å². The maximum absolute atomic E-state index is 5.38. The Bertz CT molecular complexity index is 787. The van der Waals surface area contributed by atoms with Gasteiger partial charge in [-0.1, -0.05) is 60.2 Å². The summed E-state index contributed by atoms with van der Waals surface area (Å²) in [6.45, 7) is 2.10. The monoisotopic (exact) mass is 304 g/mol. The van der Waals surface area contributed by atoms with Crippen LogP contribution in [0.4, 0.5) is 0 Å². The molecular weight excluding hydrogens is 284 g/mol. The molecule has 0 N–H and O–H groups in total. The fourth-order valence-corrected chi connectivity index (χ4v) is 2.62. The molecule has 0 unspecified atom stereocenters. The van der Waals surface area contributed by atoms with Gasteiger partial charge in [0.1, 0.15) is 0 Å². The Labute approximate surface area is 137 Å². The van der Waals surface area contributed by atoms with Gasteiger partial charge in [-0.05, 0) is 41.3 Å². The highest BCUT2D eigenvalue weighted by molar-refractivity contribution is 5.72. The van der Waals surface area contributed by atoms with Crippen LogP contribution >= 0.6 is 0 Å². The third kappa shape index (κ3) is 3.21. The summed E-state index contributed by atoms with van der Waals surface area (Å²) in [5.74, 6) is 1.49. The van der Waals surface area contributed by atoms with Gasteiger partial charge >= 0.3 is 0 Å². The zero-order valence-electron chi connectivity index (χ0n) is 13.7. The zero-order chi connectivity index (χ0) is 16.2. The van der Waals surface area contributed by atoms with Gasteiger partial charge in [0.05, 0.1) is 14.2 Å². The highest BCUT2D eigenvalue weighted by Gasteiger charge is 2.06. The topological polar surface area (TPSA) is 18.5 Å². The van der Waals surface area contributed by atoms with Gasteiger partial charge in [-0.2, -0.15) is 0 Å². The molecule has 0 aliphatic heterocycles. The minimum atomic E-state index is 0.743. The maximum atomic E-state index is 5.38. The lowest BCUT2D eigenvalue weighted by molar-refractivity contribution is 0.355. The molecule has 0 aliphatic rings. The Morgan fingerprint density at radius 2 is 0.957 bits per heavy atom. The van der Waals surface area contributed by atoms with E-state index in [9.17, 15) is 0 Å². The Morgan fingerprint density at radius 1 is 0.522 bits per heavy atom. The van der Waals surface area contributed by atoms with Crippen LogP contribution in [0.15, 0.2) is 66.7 Å². The normalized spacial score (nSPS) is 10.4. The van der Waals surface area contributed by atoms with Gasteiger partial charge in [0, 0.05) is 0 Å². The fourth-order valence-electron chi connectivity index (χ4n) is 2.62. The first-order valence-corrected chi connectivity index (χ1v) is 7.61. The number of rotatable bonds is 4. The van der Waals surface area contributed by atoms with E-state index < -0.39 is 0 Å². The van der Waals surface area contributed by atoms with Gasteiger partial charge in [0.15, 0.2) is 11.5 Å². The molecule has 0 saturated carbocycles. The average Bonchev–Trinajstić information content (AvgIpc) is 2.62. The largest absolute Gasteiger partial charge is 0.493 e. The predicted molar refractivity (Wildman–Crippen MR) is 95.2 cm³/mol. The summed E-state index contributed by atoms with van der Waals surface area (Å²) in [5.41, 5.74) is 5.99. The van der Waals surface area contributed by atoms with Gasteiger partial charge in [-0.3, -0.25) is 0 Å². The number of ether oxygens (including phenoxy) is 2. The van der Waals surface area contributed by atoms with Crippen molar-refractivity contribution in [2.24, 2.45) is 0 Å². The smallest absolute Gasteiger partial charge is 0.161 e. The molecule has 0 amide bonds. The summed E-state index contributed by atoms with van der Waals surface area (Å²) in [7, 11) is 3.30. The van der Waals surface area contributed by atoms with Gasteiger partial charge < -0.3 is 9.47 Å². The number of hydrogen-bond acceptors (Lipinski definition) is 2. The van der Waals surface area contributed by atoms with Crippen LogP contribution < -0.4 is 9.47 Å². The third-order valence-electron chi connectivity index (χ3n) is 3.99. The SMILES string of the molecule is COc1ccc(-c2ccc(-c3ccc(C)cc3)cc2)cc1OC. The second-order valence-electron chi connectivity index (χ2n) is 5.51. The summed E-state index contributed by atoms with van der Waals surface area (Å²) in [5, 5.41) is 0. The van der Waals surface area contributed by atoms with Crippen molar-refractivity contribution in [1.82, 2.24) is 0 Å². The Morgan fingerprint density at radius 3 is 1.48 bits per heavy atom. The maximum Gasteiger partial charge on any atom is 0.161 e. The molecule has 23 heavy (non-hydrogen) atoms. The summed E-state index contributed by atoms with van der Waals surface area (Å²) in [6, 6.07) is 23.1. The lowest BCUT2D eigenvalue weighted by Gasteiger charge is -2.10. The first-order chi connectivity index (χ1) is 11.2. The third-order valence-corrected chi connectivity index (χ3v) is 3.99. The van der Waals surface area contributed by atoms with Crippen molar-refractivity contribution in [3.8, 4) is 33.8 Å². The number of aryl methyl sites for hydroxylation is 1. The standard InChI is InChI=1S/C21H20O2/c1-15-4-6-16(7-5-15)17-8-10-18(11-9-17)19-12-13-20(22-2)21(14-19)23-3/h4-14H,1-3H3. The van der Waals surface area contributed by atoms with Crippen molar-refractivity contribution >= 4 is 0 Å². The predicted octanol–water partition coefficient (Wildman–Crippen LogP) is 5.35. The molecule has 2 heteroatoms. The van der Waals surface area contributed by atoms with Crippen LogP contribution in [0.5, 0.6) is 11.5 Å². The fraction of sp³-hybridized carbons (Fsp3) is 0.143. The molecule has 0 aromatic heterocycles. The van der Waals surface area contributed by atoms with Gasteiger partial charge in [-0.25, -0.2) is 0 Å². The quantitative estimate of drug-likeness (QED) is 0.647. The minimum Gasteiger partial charge on any atom is -0.493 e. The van der Waals surface area contributed by atoms with Crippen molar-refractivity contribution in [2.75, 3.05) is 14.2 Å². The highest BCUT2D eigenvalue weighted by Crippen LogP contribution is 2.33. The van der Waals surface area contributed by atoms with E-state index in [1.165, 1.54) is 16.7 Å². The second kappa shape index (κ2) is 6.57. The van der Waals surface area contributed by atoms with Gasteiger partial charge in [0.2, 0.25) is 0 Å². The second-order valence-corrected chi connectivity index (χ2v) is 5.51. The van der Waals surface area contributed by atoms with E-state index in [1.54, 1.807) is 14.2 Å². The molecule has 0 atom stereocenters. The van der Waals surface area contributed by atoms with Crippen molar-refractivity contribution in [1.29, 1.82) is 0 Å². The highest BCUT2D eigenvalue weighted by atomic mass is 16.5. The number of benzene rings is 3. The first kappa shape index (κ1) is 15.2. The molecule has 0 heterocycles. The molecular formula is C21H20O2. The van der Waals surface area contributed by atoms with E-state index in [0.717, 1.165) is 22.6 Å². The average molecular weight is 304 g/mol. The minimum absolute atomic E-state index is 0.743. The van der Waals surface area contributed by atoms with E-state index in [0.29, 0.717) is 0 Å². The van der Waals surface area contributed by atoms with Crippen LogP contribution in [0.3, 0.4) is 0 Å². The van der Waals surface area contributed by atoms with Crippen LogP contribution in [-0.4, -0.2) is 14.2 Å². The van der Waals surface area contributed by atoms with Crippen molar-refractivity contribution in [2.45, 2.75) is 6.92 Å². The Hall–Kier alpha value is -2.74. The van der Waals surface area contributed by atoms with E-state index in [4.69, 9.17) is 9.47 Å². The van der Waals surface area contributed by atoms with Crippen LogP contribution in [0.2, 0.25) is 0 Å². The summed E-state index contributed by atoms with van der Waals surface area (Å²) in [4.78, 5) is 0. The van der Waals surface area contributed by atoms with Gasteiger partial charge in [-0.15, -0.1) is 0 Å². The molecule has 3 aromatic carbocycles. The zero-order valence-corrected chi connectivity index (χ0v) is 13.7. The van der Waals surface area contributed by atoms with Crippen molar-refractivity contribution in [3.63, 3.8) is 0 Å². The summed E-state index contributed by atoms with van der Waals surface area (Å²) in [6.07, 6.45) is 0. The molecule has 0 radical (unpaired) electrons. The van der Waals surface area contributed by atoms with E-state index in [2.05, 4.69) is 55.5 Å². The van der Waals surface area contributed by atoms with Crippen LogP contribution in [0.1, 0.15) is 5.56 Å². The molecule has 0 spiro atoms. The van der Waals surface area contributed by atoms with Crippen LogP contribution in [-0.2, 0) is 0 Å². The Balaban J connectivity index is 1.91. The molecule has 0 aliphatic carbocycles. The van der Waals surface area contributed by atoms with Crippen LogP contribution in [0, 0.1) is 6.92 Å². The van der Waals surface area contributed by atoms with Gasteiger partial charge in [0.25, 0.3) is 0 Å². The summed E-state index contributed by atoms with van der Waals surface area (Å²) >= 11 is 0. The summed E-state index contributed by atoms with van der Waals surface area (Å²) < 4.78 is 10.7. The molecule has 0 fully saturated rings.